The van der Waals surface area contributed by atoms with Crippen molar-refractivity contribution in [2.75, 3.05) is 25.5 Å². The van der Waals surface area contributed by atoms with Crippen LogP contribution in [0, 0.1) is 0 Å². The summed E-state index contributed by atoms with van der Waals surface area (Å²) in [6, 6.07) is 17.4. The van der Waals surface area contributed by atoms with Gasteiger partial charge in [0, 0.05) is 42.9 Å². The van der Waals surface area contributed by atoms with Crippen molar-refractivity contribution < 1.29 is 0 Å². The van der Waals surface area contributed by atoms with Crippen LogP contribution in [0.4, 0.5) is 5.69 Å². The van der Waals surface area contributed by atoms with Crippen LogP contribution in [0.5, 0.6) is 0 Å². The molecular weight excluding hydrogens is 282 g/mol. The van der Waals surface area contributed by atoms with Gasteiger partial charge in [0.15, 0.2) is 0 Å². The van der Waals surface area contributed by atoms with Gasteiger partial charge in [0.1, 0.15) is 0 Å². The van der Waals surface area contributed by atoms with Gasteiger partial charge in [-0.05, 0) is 48.2 Å². The molecule has 1 aromatic heterocycles. The molecule has 0 spiro atoms. The number of hydrogen-bond donors (Lipinski definition) is 2. The third-order valence-corrected chi connectivity index (χ3v) is 4.99. The first-order valence-corrected chi connectivity index (χ1v) is 8.38. The van der Waals surface area contributed by atoms with Gasteiger partial charge < -0.3 is 10.3 Å². The molecule has 4 rings (SSSR count). The maximum atomic E-state index is 3.39. The Labute approximate surface area is 137 Å². The molecule has 118 valence electrons. The van der Waals surface area contributed by atoms with Gasteiger partial charge in [0.25, 0.3) is 0 Å². The summed E-state index contributed by atoms with van der Waals surface area (Å²) in [6.07, 6.45) is 3.41. The van der Waals surface area contributed by atoms with Crippen LogP contribution in [-0.4, -0.2) is 30.0 Å². The minimum Gasteiger partial charge on any atom is -0.388 e. The molecule has 0 amide bonds. The molecule has 3 nitrogen and oxygen atoms in total. The zero-order valence-corrected chi connectivity index (χ0v) is 13.5. The fourth-order valence-corrected chi connectivity index (χ4v) is 3.70. The van der Waals surface area contributed by atoms with E-state index < -0.39 is 0 Å². The number of anilines is 1. The molecule has 1 unspecified atom stereocenters. The van der Waals surface area contributed by atoms with Crippen molar-refractivity contribution in [3.05, 3.63) is 65.9 Å². The summed E-state index contributed by atoms with van der Waals surface area (Å²) in [4.78, 5) is 5.96. The van der Waals surface area contributed by atoms with E-state index in [2.05, 4.69) is 69.9 Å². The summed E-state index contributed by atoms with van der Waals surface area (Å²) >= 11 is 0. The Balaban J connectivity index is 1.48. The molecule has 1 saturated heterocycles. The number of nitrogens with zero attached hydrogens (tertiary/aromatic N) is 1. The summed E-state index contributed by atoms with van der Waals surface area (Å²) in [6.45, 7) is 3.35. The second-order valence-corrected chi connectivity index (χ2v) is 6.46. The second-order valence-electron chi connectivity index (χ2n) is 6.46. The average molecular weight is 305 g/mol. The predicted molar refractivity (Wildman–Crippen MR) is 96.9 cm³/mol. The number of aromatic amines is 1. The first-order chi connectivity index (χ1) is 11.3. The highest BCUT2D eigenvalue weighted by atomic mass is 15.1. The summed E-state index contributed by atoms with van der Waals surface area (Å²) in [7, 11) is 1.98. The Morgan fingerprint density at radius 1 is 1.17 bits per heavy atom. The minimum absolute atomic E-state index is 0.647. The van der Waals surface area contributed by atoms with Crippen molar-refractivity contribution in [2.45, 2.75) is 18.9 Å². The minimum atomic E-state index is 0.647. The lowest BCUT2D eigenvalue weighted by Gasteiger charge is -2.16. The second kappa shape index (κ2) is 6.09. The summed E-state index contributed by atoms with van der Waals surface area (Å²) < 4.78 is 0. The van der Waals surface area contributed by atoms with Crippen molar-refractivity contribution in [1.82, 2.24) is 9.88 Å². The van der Waals surface area contributed by atoms with Crippen molar-refractivity contribution in [3.8, 4) is 0 Å². The van der Waals surface area contributed by atoms with Crippen LogP contribution < -0.4 is 5.32 Å². The molecule has 3 aromatic rings. The Morgan fingerprint density at radius 2 is 2.09 bits per heavy atom. The van der Waals surface area contributed by atoms with E-state index in [-0.39, 0.29) is 0 Å². The fraction of sp³-hybridized carbons (Fsp3) is 0.300. The Bertz CT molecular complexity index is 805. The number of para-hydroxylation sites is 1. The molecule has 0 saturated carbocycles. The van der Waals surface area contributed by atoms with Crippen LogP contribution in [0.3, 0.4) is 0 Å². The zero-order chi connectivity index (χ0) is 15.6. The van der Waals surface area contributed by atoms with Gasteiger partial charge in [-0.3, -0.25) is 4.90 Å². The highest BCUT2D eigenvalue weighted by Crippen LogP contribution is 2.30. The summed E-state index contributed by atoms with van der Waals surface area (Å²) in [5.41, 5.74) is 5.31. The van der Waals surface area contributed by atoms with Crippen molar-refractivity contribution in [3.63, 3.8) is 0 Å². The molecule has 0 aliphatic carbocycles. The fourth-order valence-electron chi connectivity index (χ4n) is 3.70. The van der Waals surface area contributed by atoms with Crippen molar-refractivity contribution >= 4 is 16.6 Å². The van der Waals surface area contributed by atoms with E-state index in [1.165, 1.54) is 40.7 Å². The molecule has 1 fully saturated rings. The maximum absolute atomic E-state index is 3.39. The quantitative estimate of drug-likeness (QED) is 0.757. The lowest BCUT2D eigenvalue weighted by atomic mass is 9.98. The third kappa shape index (κ3) is 2.84. The number of nitrogens with one attached hydrogen (secondary N) is 2. The molecule has 1 atom stereocenters. The monoisotopic (exact) mass is 305 g/mol. The van der Waals surface area contributed by atoms with E-state index in [1.807, 2.05) is 7.05 Å². The molecule has 0 radical (unpaired) electrons. The predicted octanol–water partition coefficient (Wildman–Crippen LogP) is 4.20. The van der Waals surface area contributed by atoms with Gasteiger partial charge in [-0.25, -0.2) is 0 Å². The van der Waals surface area contributed by atoms with E-state index in [0.29, 0.717) is 5.92 Å². The van der Waals surface area contributed by atoms with Crippen molar-refractivity contribution in [2.24, 2.45) is 0 Å². The lowest BCUT2D eigenvalue weighted by Crippen LogP contribution is -2.19. The number of benzene rings is 2. The van der Waals surface area contributed by atoms with E-state index >= 15 is 0 Å². The topological polar surface area (TPSA) is 31.1 Å². The van der Waals surface area contributed by atoms with Crippen LogP contribution in [0.25, 0.3) is 10.9 Å². The molecule has 2 aromatic carbocycles. The summed E-state index contributed by atoms with van der Waals surface area (Å²) in [5, 5.41) is 4.60. The molecule has 1 aliphatic rings. The number of likely N-dealkylation sites (tertiary alicyclic amines) is 1. The maximum Gasteiger partial charge on any atom is 0.0457 e. The van der Waals surface area contributed by atoms with Gasteiger partial charge in [0.2, 0.25) is 0 Å². The summed E-state index contributed by atoms with van der Waals surface area (Å²) in [5.74, 6) is 0.647. The number of aromatic nitrogens is 1. The number of fused-ring (bicyclic) bond motifs is 1. The standard InChI is InChI=1S/C20H23N3/c1-21-18-6-4-5-15(11-18)16-9-10-23(13-16)14-17-12-22-20-8-3-2-7-19(17)20/h2-8,11-12,16,21-22H,9-10,13-14H2,1H3. The Kier molecular flexibility index (Phi) is 3.80. The van der Waals surface area contributed by atoms with Gasteiger partial charge in [-0.1, -0.05) is 30.3 Å². The van der Waals surface area contributed by atoms with Gasteiger partial charge in [-0.15, -0.1) is 0 Å². The van der Waals surface area contributed by atoms with Crippen LogP contribution >= 0.6 is 0 Å². The first kappa shape index (κ1) is 14.3. The molecule has 3 heteroatoms. The number of rotatable bonds is 4. The number of H-pyrrole nitrogens is 1. The van der Waals surface area contributed by atoms with Gasteiger partial charge in [0.05, 0.1) is 0 Å². The third-order valence-electron chi connectivity index (χ3n) is 4.99. The first-order valence-electron chi connectivity index (χ1n) is 8.38. The average Bonchev–Trinajstić information content (AvgIpc) is 3.23. The van der Waals surface area contributed by atoms with E-state index in [1.54, 1.807) is 0 Å². The molecule has 1 aliphatic heterocycles. The van der Waals surface area contributed by atoms with E-state index in [0.717, 1.165) is 13.1 Å². The van der Waals surface area contributed by atoms with E-state index in [9.17, 15) is 0 Å². The van der Waals surface area contributed by atoms with E-state index in [4.69, 9.17) is 0 Å². The Hall–Kier alpha value is -2.26. The highest BCUT2D eigenvalue weighted by Gasteiger charge is 2.24. The normalized spacial score (nSPS) is 18.6. The number of hydrogen-bond acceptors (Lipinski definition) is 2. The highest BCUT2D eigenvalue weighted by molar-refractivity contribution is 5.82. The largest absolute Gasteiger partial charge is 0.388 e. The molecular formula is C20H23N3. The zero-order valence-electron chi connectivity index (χ0n) is 13.5. The smallest absolute Gasteiger partial charge is 0.0457 e. The molecule has 2 N–H and O–H groups in total. The van der Waals surface area contributed by atoms with Crippen LogP contribution in [0.15, 0.2) is 54.7 Å². The SMILES string of the molecule is CNc1cccc(C2CCN(Cc3c[nH]c4ccccc34)C2)c1. The van der Waals surface area contributed by atoms with Gasteiger partial charge in [-0.2, -0.15) is 0 Å². The Morgan fingerprint density at radius 3 is 3.00 bits per heavy atom. The molecule has 0 bridgehead atoms. The van der Waals surface area contributed by atoms with Crippen LogP contribution in [0.1, 0.15) is 23.5 Å². The van der Waals surface area contributed by atoms with Crippen molar-refractivity contribution in [1.29, 1.82) is 0 Å². The van der Waals surface area contributed by atoms with Gasteiger partial charge >= 0.3 is 0 Å². The molecule has 23 heavy (non-hydrogen) atoms. The van der Waals surface area contributed by atoms with Crippen LogP contribution in [-0.2, 0) is 6.54 Å². The lowest BCUT2D eigenvalue weighted by molar-refractivity contribution is 0.328. The van der Waals surface area contributed by atoms with Crippen LogP contribution in [0.2, 0.25) is 0 Å². The molecule has 2 heterocycles.